The highest BCUT2D eigenvalue weighted by Gasteiger charge is 2.54. The molecule has 12 rings (SSSR count). The van der Waals surface area contributed by atoms with Crippen LogP contribution in [0, 0.1) is 17.8 Å². The minimum absolute atomic E-state index is 0.00840. The number of ether oxygens (including phenoxy) is 9. The number of hydrogen-bond donors (Lipinski definition) is 11. The summed E-state index contributed by atoms with van der Waals surface area (Å²) in [5.74, 6) is -8.27. The maximum Gasteiger partial charge on any atom is 0.573 e. The van der Waals surface area contributed by atoms with Crippen LogP contribution in [0.4, 0.5) is 13.2 Å². The van der Waals surface area contributed by atoms with Crippen molar-refractivity contribution in [1.29, 1.82) is 0 Å². The molecule has 9 aliphatic rings. The van der Waals surface area contributed by atoms with Crippen LogP contribution < -0.4 is 62.1 Å². The summed E-state index contributed by atoms with van der Waals surface area (Å²) in [4.78, 5) is 178. The number of rotatable bonds is 44. The number of amides is 9. The van der Waals surface area contributed by atoms with Gasteiger partial charge in [0.1, 0.15) is 82.5 Å². The summed E-state index contributed by atoms with van der Waals surface area (Å²) in [6, 6.07) is 1.03. The number of carbonyl (C=O) groups is 12. The fraction of sp³-hybridized carbons (Fsp3) is 0.626. The summed E-state index contributed by atoms with van der Waals surface area (Å²) < 4.78 is 88.7. The van der Waals surface area contributed by atoms with Gasteiger partial charge in [0.15, 0.2) is 17.3 Å². The smallest absolute Gasteiger partial charge is 0.496 e. The largest absolute Gasteiger partial charge is 0.573 e. The molecule has 3 aromatic rings. The number of nitrogens with zero attached hydrogens (tertiary/aromatic N) is 3. The van der Waals surface area contributed by atoms with Crippen molar-refractivity contribution in [2.45, 2.75) is 215 Å². The van der Waals surface area contributed by atoms with E-state index in [-0.39, 0.29) is 117 Å². The summed E-state index contributed by atoms with van der Waals surface area (Å²) in [5.41, 5.74) is -1.35. The molecule has 9 amide bonds. The van der Waals surface area contributed by atoms with E-state index in [2.05, 4.69) is 52.6 Å². The lowest BCUT2D eigenvalue weighted by Crippen LogP contribution is -2.58. The number of alkyl halides is 3. The number of ketones is 3. The van der Waals surface area contributed by atoms with E-state index in [0.29, 0.717) is 123 Å². The fourth-order valence-corrected chi connectivity index (χ4v) is 17.6. The SMILES string of the molecule is COc1ccc(C(O)C(NC(=O)C(C)NC(=O)CN2CCOCC2)C(=O)NC(CC2=CCCCC2)C(=O)C2(C)CO2)cc1-c1cc(C(O)C(NC(=O)C(C)NC(=O)CN2CCOCC2)C(=O)NC(CC2=CCC(C3CCC(CC(NC(=O)C(Cc4ccc(OC(F)(F)F)cc4)NC(=O)C(C)NC(=O)CN4CCOCC4)C(=O)C4(C)CO4)C3)C2)C(=O)C2(C)CO2)ccc1OC. The number of carbonyl (C=O) groups excluding carboxylic acids is 12. The van der Waals surface area contributed by atoms with Crippen molar-refractivity contribution in [3.63, 3.8) is 0 Å². The Balaban J connectivity index is 0.769. The minimum atomic E-state index is -4.98. The number of morpholine rings is 3. The van der Waals surface area contributed by atoms with Crippen molar-refractivity contribution in [2.24, 2.45) is 17.8 Å². The molecule has 6 saturated heterocycles. The molecule has 38 heteroatoms. The van der Waals surface area contributed by atoms with E-state index in [4.69, 9.17) is 37.9 Å². The number of halogens is 3. The van der Waals surface area contributed by atoms with Crippen molar-refractivity contribution >= 4 is 70.5 Å². The highest BCUT2D eigenvalue weighted by Crippen LogP contribution is 2.47. The van der Waals surface area contributed by atoms with Gasteiger partial charge in [-0.25, -0.2) is 0 Å². The number of Topliss-reactive ketones (excluding diaryl/α,β-unsaturated/α-hetero) is 3. The lowest BCUT2D eigenvalue weighted by atomic mass is 9.84. The zero-order chi connectivity index (χ0) is 92.7. The Bertz CT molecular complexity index is 4600. The standard InChI is InChI=1S/C91H123F3N12O23/c1-52(95-72(107)46-104-26-32-123-33-27-104)82(115)101-69(41-56-16-22-63(23-17-56)129-91(92,93)94)85(118)98-67(80(113)89(5)50-127-89)42-57-14-18-59(38-57)60-19-15-58(39-60)43-68(81(114)90(6)51-128-90)100-87(120)76(103-84(117)54(3)97-74(109)48-106-30-36-125-37-31-106)78(111)62-21-25-71(122-8)65(45-62)64-44-61(20-24-70(64)121-7)77(110)75(102-83(116)53(2)96-73(108)47-105-28-34-124-35-29-105)86(119)99-66(79(112)88(4)49-126-88)40-55-12-10-9-11-13-55/h12,15-17,20-25,44-45,52-54,57,59-60,66-69,75-78,110-111H,9-11,13-14,18-19,26-43,46-51H2,1-8H3,(H,95,107)(H,96,108)(H,97,109)(H,98,118)(H,99,119)(H,100,120)(H,101,115)(H,102,116)(H,103,117). The number of methoxy groups -OCH3 is 2. The first-order chi connectivity index (χ1) is 61.5. The molecule has 0 spiro atoms. The van der Waals surface area contributed by atoms with E-state index in [9.17, 15) is 71.3 Å². The fourth-order valence-electron chi connectivity index (χ4n) is 17.6. The van der Waals surface area contributed by atoms with Gasteiger partial charge in [0.2, 0.25) is 53.2 Å². The average Bonchev–Trinajstić information content (AvgIpc) is 1.46. The highest BCUT2D eigenvalue weighted by molar-refractivity contribution is 6.01. The molecule has 7 fully saturated rings. The summed E-state index contributed by atoms with van der Waals surface area (Å²) in [5, 5.41) is 50.4. The maximum atomic E-state index is 15.6. The normalized spacial score (nSPS) is 24.9. The first-order valence-corrected chi connectivity index (χ1v) is 44.5. The van der Waals surface area contributed by atoms with Crippen molar-refractivity contribution in [3.8, 4) is 28.4 Å². The number of epoxide rings is 3. The van der Waals surface area contributed by atoms with Gasteiger partial charge in [-0.15, -0.1) is 13.2 Å². The van der Waals surface area contributed by atoms with E-state index >= 15 is 9.59 Å². The molecule has 11 N–H and O–H groups in total. The number of benzene rings is 3. The Kier molecular flexibility index (Phi) is 33.4. The number of nitrogens with one attached hydrogen (secondary N) is 9. The topological polar surface area (TPSA) is 456 Å². The minimum Gasteiger partial charge on any atom is -0.496 e. The molecule has 129 heavy (non-hydrogen) atoms. The van der Waals surface area contributed by atoms with Crippen LogP contribution in [-0.4, -0.2) is 306 Å². The van der Waals surface area contributed by atoms with Crippen LogP contribution in [0.2, 0.25) is 0 Å². The van der Waals surface area contributed by atoms with Crippen LogP contribution in [0.1, 0.15) is 147 Å². The predicted octanol–water partition coefficient (Wildman–Crippen LogP) is 2.50. The van der Waals surface area contributed by atoms with Crippen molar-refractivity contribution in [2.75, 3.05) is 133 Å². The maximum absolute atomic E-state index is 15.6. The third-order valence-corrected chi connectivity index (χ3v) is 25.7. The second-order valence-electron chi connectivity index (χ2n) is 35.9. The molecular weight excluding hydrogens is 1690 g/mol. The van der Waals surface area contributed by atoms with Crippen LogP contribution in [0.15, 0.2) is 84.0 Å². The lowest BCUT2D eigenvalue weighted by molar-refractivity contribution is -0.274. The Labute approximate surface area is 747 Å². The quantitative estimate of drug-likeness (QED) is 0.0286. The lowest BCUT2D eigenvalue weighted by Gasteiger charge is -2.30. The zero-order valence-corrected chi connectivity index (χ0v) is 74.4. The second kappa shape index (κ2) is 43.9. The number of hydrogen-bond acceptors (Lipinski definition) is 26. The molecule has 3 aliphatic carbocycles. The van der Waals surface area contributed by atoms with Gasteiger partial charge in [-0.2, -0.15) is 0 Å². The van der Waals surface area contributed by atoms with Gasteiger partial charge in [0.05, 0.1) is 111 Å². The molecule has 17 unspecified atom stereocenters. The van der Waals surface area contributed by atoms with Crippen LogP contribution in [-0.2, 0) is 92.4 Å². The summed E-state index contributed by atoms with van der Waals surface area (Å²) >= 11 is 0. The molecule has 1 saturated carbocycles. The first-order valence-electron chi connectivity index (χ1n) is 44.5. The molecule has 35 nitrogen and oxygen atoms in total. The summed E-state index contributed by atoms with van der Waals surface area (Å²) in [7, 11) is 2.73. The molecule has 0 aromatic heterocycles. The zero-order valence-electron chi connectivity index (χ0n) is 74.4. The van der Waals surface area contributed by atoms with Gasteiger partial charge in [0, 0.05) is 56.8 Å². The molecule has 3 aromatic carbocycles. The van der Waals surface area contributed by atoms with Crippen LogP contribution in [0.3, 0.4) is 0 Å². The Hall–Kier alpha value is -9.87. The molecular formula is C91H123F3N12O23. The van der Waals surface area contributed by atoms with Crippen LogP contribution >= 0.6 is 0 Å². The molecule has 6 aliphatic heterocycles. The van der Waals surface area contributed by atoms with E-state index < -0.39 is 166 Å². The number of allylic oxidation sites excluding steroid dienone is 2. The molecule has 0 bridgehead atoms. The molecule has 6 heterocycles. The molecule has 706 valence electrons. The molecule has 0 radical (unpaired) electrons. The van der Waals surface area contributed by atoms with Gasteiger partial charge in [-0.05, 0) is 183 Å². The van der Waals surface area contributed by atoms with Crippen molar-refractivity contribution < 1.29 is 124 Å². The van der Waals surface area contributed by atoms with E-state index in [0.717, 1.165) is 42.5 Å². The Morgan fingerprint density at radius 3 is 1.30 bits per heavy atom. The third-order valence-electron chi connectivity index (χ3n) is 25.7. The monoisotopic (exact) mass is 1810 g/mol. The van der Waals surface area contributed by atoms with E-state index in [1.165, 1.54) is 83.5 Å². The average molecular weight is 1810 g/mol. The first kappa shape index (κ1) is 98.2. The van der Waals surface area contributed by atoms with Gasteiger partial charge in [-0.1, -0.05) is 54.0 Å². The summed E-state index contributed by atoms with van der Waals surface area (Å²) in [6.07, 6.45) is 1.50. The number of aliphatic hydroxyl groups is 2. The van der Waals surface area contributed by atoms with Crippen molar-refractivity contribution in [3.05, 3.63) is 101 Å². The van der Waals surface area contributed by atoms with Crippen molar-refractivity contribution in [1.82, 2.24) is 62.6 Å². The Morgan fingerprint density at radius 1 is 0.481 bits per heavy atom. The van der Waals surface area contributed by atoms with Crippen LogP contribution in [0.5, 0.6) is 17.2 Å². The summed E-state index contributed by atoms with van der Waals surface area (Å²) in [6.45, 7) is 14.5. The second-order valence-corrected chi connectivity index (χ2v) is 35.9. The number of aliphatic hydroxyl groups excluding tert-OH is 2. The molecule has 17 atom stereocenters. The van der Waals surface area contributed by atoms with Gasteiger partial charge < -0.3 is 101 Å². The van der Waals surface area contributed by atoms with Gasteiger partial charge >= 0.3 is 6.36 Å². The van der Waals surface area contributed by atoms with Crippen LogP contribution in [0.25, 0.3) is 11.1 Å². The third kappa shape index (κ3) is 27.2. The highest BCUT2D eigenvalue weighted by atomic mass is 19.4. The van der Waals surface area contributed by atoms with E-state index in [1.54, 1.807) is 20.8 Å². The van der Waals surface area contributed by atoms with Gasteiger partial charge in [-0.3, -0.25) is 72.2 Å². The van der Waals surface area contributed by atoms with E-state index in [1.807, 2.05) is 26.9 Å². The predicted molar refractivity (Wildman–Crippen MR) is 458 cm³/mol. The Morgan fingerprint density at radius 2 is 0.891 bits per heavy atom. The van der Waals surface area contributed by atoms with Gasteiger partial charge in [0.25, 0.3) is 0 Å².